The fraction of sp³-hybridized carbons (Fsp3) is 0.818. The van der Waals surface area contributed by atoms with Crippen LogP contribution in [-0.2, 0) is 9.59 Å². The van der Waals surface area contributed by atoms with Crippen LogP contribution in [0.2, 0.25) is 0 Å². The maximum Gasteiger partial charge on any atom is 0.236 e. The van der Waals surface area contributed by atoms with Crippen molar-refractivity contribution < 1.29 is 9.59 Å². The molecule has 0 aliphatic carbocycles. The van der Waals surface area contributed by atoms with Gasteiger partial charge in [-0.2, -0.15) is 0 Å². The minimum atomic E-state index is -0.500. The molecule has 92 valence electrons. The normalized spacial score (nSPS) is 22.4. The number of hydrogen-bond acceptors (Lipinski definition) is 3. The van der Waals surface area contributed by atoms with Gasteiger partial charge in [0.25, 0.3) is 0 Å². The van der Waals surface area contributed by atoms with E-state index in [4.69, 9.17) is 5.73 Å². The van der Waals surface area contributed by atoms with Crippen LogP contribution in [0.1, 0.15) is 26.2 Å². The van der Waals surface area contributed by atoms with Crippen molar-refractivity contribution in [2.45, 2.75) is 26.2 Å². The van der Waals surface area contributed by atoms with E-state index in [1.807, 2.05) is 0 Å². The SMILES string of the molecule is CC(CC(=O)NCC(N)=O)C1CCCNC1. The lowest BCUT2D eigenvalue weighted by molar-refractivity contribution is -0.125. The number of nitrogens with one attached hydrogen (secondary N) is 2. The number of piperidine rings is 1. The van der Waals surface area contributed by atoms with Gasteiger partial charge in [-0.05, 0) is 37.8 Å². The highest BCUT2D eigenvalue weighted by atomic mass is 16.2. The lowest BCUT2D eigenvalue weighted by Crippen LogP contribution is -2.37. The summed E-state index contributed by atoms with van der Waals surface area (Å²) in [5.41, 5.74) is 4.95. The van der Waals surface area contributed by atoms with Crippen LogP contribution in [0.25, 0.3) is 0 Å². The summed E-state index contributed by atoms with van der Waals surface area (Å²) in [6.07, 6.45) is 2.83. The van der Waals surface area contributed by atoms with E-state index in [-0.39, 0.29) is 12.5 Å². The van der Waals surface area contributed by atoms with E-state index in [0.717, 1.165) is 13.1 Å². The number of hydrogen-bond donors (Lipinski definition) is 3. The Morgan fingerprint density at radius 2 is 2.31 bits per heavy atom. The van der Waals surface area contributed by atoms with Crippen LogP contribution in [-0.4, -0.2) is 31.4 Å². The summed E-state index contributed by atoms with van der Waals surface area (Å²) in [5, 5.41) is 5.85. The molecule has 1 aliphatic heterocycles. The van der Waals surface area contributed by atoms with Crippen molar-refractivity contribution in [3.63, 3.8) is 0 Å². The Kier molecular flexibility index (Phi) is 5.25. The second-order valence-electron chi connectivity index (χ2n) is 4.53. The van der Waals surface area contributed by atoms with Gasteiger partial charge < -0.3 is 16.4 Å². The van der Waals surface area contributed by atoms with Crippen LogP contribution in [0.3, 0.4) is 0 Å². The van der Waals surface area contributed by atoms with Gasteiger partial charge in [0.2, 0.25) is 11.8 Å². The molecular formula is C11H21N3O2. The molecule has 0 aromatic rings. The maximum absolute atomic E-state index is 11.5. The molecule has 1 saturated heterocycles. The second-order valence-corrected chi connectivity index (χ2v) is 4.53. The first-order valence-electron chi connectivity index (χ1n) is 5.85. The topological polar surface area (TPSA) is 84.2 Å². The average Bonchev–Trinajstić information content (AvgIpc) is 2.27. The third kappa shape index (κ3) is 4.61. The quantitative estimate of drug-likeness (QED) is 0.598. The van der Waals surface area contributed by atoms with Crippen LogP contribution in [0.4, 0.5) is 0 Å². The molecule has 1 fully saturated rings. The van der Waals surface area contributed by atoms with Gasteiger partial charge in [-0.1, -0.05) is 6.92 Å². The molecule has 0 aromatic heterocycles. The van der Waals surface area contributed by atoms with Gasteiger partial charge in [0, 0.05) is 6.42 Å². The van der Waals surface area contributed by atoms with Gasteiger partial charge >= 0.3 is 0 Å². The fourth-order valence-corrected chi connectivity index (χ4v) is 2.08. The third-order valence-corrected chi connectivity index (χ3v) is 3.11. The maximum atomic E-state index is 11.5. The van der Waals surface area contributed by atoms with E-state index in [2.05, 4.69) is 17.6 Å². The summed E-state index contributed by atoms with van der Waals surface area (Å²) in [5.74, 6) is 0.325. The van der Waals surface area contributed by atoms with Crippen LogP contribution >= 0.6 is 0 Å². The van der Waals surface area contributed by atoms with Crippen molar-refractivity contribution in [3.8, 4) is 0 Å². The minimum Gasteiger partial charge on any atom is -0.368 e. The van der Waals surface area contributed by atoms with Crippen molar-refractivity contribution in [1.29, 1.82) is 0 Å². The zero-order valence-corrected chi connectivity index (χ0v) is 9.79. The molecule has 1 aliphatic rings. The summed E-state index contributed by atoms with van der Waals surface area (Å²) in [7, 11) is 0. The van der Waals surface area contributed by atoms with Gasteiger partial charge in [0.15, 0.2) is 0 Å². The Bertz CT molecular complexity index is 250. The van der Waals surface area contributed by atoms with Crippen molar-refractivity contribution in [1.82, 2.24) is 10.6 Å². The van der Waals surface area contributed by atoms with Crippen LogP contribution in [0, 0.1) is 11.8 Å². The van der Waals surface area contributed by atoms with E-state index >= 15 is 0 Å². The summed E-state index contributed by atoms with van der Waals surface area (Å²) in [6.45, 7) is 4.09. The zero-order valence-electron chi connectivity index (χ0n) is 9.79. The summed E-state index contributed by atoms with van der Waals surface area (Å²) in [4.78, 5) is 21.9. The average molecular weight is 227 g/mol. The Morgan fingerprint density at radius 3 is 2.88 bits per heavy atom. The predicted molar refractivity (Wildman–Crippen MR) is 61.6 cm³/mol. The monoisotopic (exact) mass is 227 g/mol. The zero-order chi connectivity index (χ0) is 12.0. The number of rotatable bonds is 5. The Hall–Kier alpha value is -1.10. The molecule has 5 heteroatoms. The Morgan fingerprint density at radius 1 is 1.56 bits per heavy atom. The highest BCUT2D eigenvalue weighted by Gasteiger charge is 2.21. The Labute approximate surface area is 96.1 Å². The first-order chi connectivity index (χ1) is 7.59. The molecule has 0 bridgehead atoms. The van der Waals surface area contributed by atoms with E-state index in [9.17, 15) is 9.59 Å². The number of nitrogens with two attached hydrogens (primary N) is 1. The van der Waals surface area contributed by atoms with E-state index in [1.165, 1.54) is 12.8 Å². The van der Waals surface area contributed by atoms with E-state index in [0.29, 0.717) is 18.3 Å². The lowest BCUT2D eigenvalue weighted by atomic mass is 9.85. The van der Waals surface area contributed by atoms with Crippen molar-refractivity contribution in [2.75, 3.05) is 19.6 Å². The molecule has 1 heterocycles. The highest BCUT2D eigenvalue weighted by Crippen LogP contribution is 2.22. The first kappa shape index (κ1) is 13.0. The van der Waals surface area contributed by atoms with E-state index < -0.39 is 5.91 Å². The van der Waals surface area contributed by atoms with Crippen molar-refractivity contribution >= 4 is 11.8 Å². The van der Waals surface area contributed by atoms with Crippen LogP contribution in [0.5, 0.6) is 0 Å². The number of amides is 2. The molecule has 4 N–H and O–H groups in total. The third-order valence-electron chi connectivity index (χ3n) is 3.11. The van der Waals surface area contributed by atoms with E-state index in [1.54, 1.807) is 0 Å². The number of primary amides is 1. The van der Waals surface area contributed by atoms with Crippen LogP contribution in [0.15, 0.2) is 0 Å². The van der Waals surface area contributed by atoms with Gasteiger partial charge in [0.1, 0.15) is 0 Å². The van der Waals surface area contributed by atoms with Crippen molar-refractivity contribution in [3.05, 3.63) is 0 Å². The molecule has 1 rings (SSSR count). The molecule has 0 aromatic carbocycles. The molecule has 0 radical (unpaired) electrons. The molecule has 2 unspecified atom stereocenters. The molecule has 5 nitrogen and oxygen atoms in total. The lowest BCUT2D eigenvalue weighted by Gasteiger charge is -2.27. The second kappa shape index (κ2) is 6.48. The summed E-state index contributed by atoms with van der Waals surface area (Å²) < 4.78 is 0. The standard InChI is InChI=1S/C11H21N3O2/c1-8(9-3-2-4-13-6-9)5-11(16)14-7-10(12)15/h8-9,13H,2-7H2,1H3,(H2,12,15)(H,14,16). The minimum absolute atomic E-state index is 0.0610. The largest absolute Gasteiger partial charge is 0.368 e. The fourth-order valence-electron chi connectivity index (χ4n) is 2.08. The highest BCUT2D eigenvalue weighted by molar-refractivity contribution is 5.83. The predicted octanol–water partition coefficient (Wildman–Crippen LogP) is -0.386. The number of carbonyl (C=O) groups is 2. The molecule has 0 saturated carbocycles. The molecular weight excluding hydrogens is 206 g/mol. The number of carbonyl (C=O) groups excluding carboxylic acids is 2. The van der Waals surface area contributed by atoms with Crippen molar-refractivity contribution in [2.24, 2.45) is 17.6 Å². The first-order valence-corrected chi connectivity index (χ1v) is 5.85. The molecule has 16 heavy (non-hydrogen) atoms. The van der Waals surface area contributed by atoms with Crippen LogP contribution < -0.4 is 16.4 Å². The Balaban J connectivity index is 2.23. The molecule has 2 amide bonds. The summed E-state index contributed by atoms with van der Waals surface area (Å²) in [6, 6.07) is 0. The summed E-state index contributed by atoms with van der Waals surface area (Å²) >= 11 is 0. The van der Waals surface area contributed by atoms with Gasteiger partial charge in [0.05, 0.1) is 6.54 Å². The molecule has 0 spiro atoms. The van der Waals surface area contributed by atoms with Gasteiger partial charge in [-0.25, -0.2) is 0 Å². The van der Waals surface area contributed by atoms with Gasteiger partial charge in [-0.15, -0.1) is 0 Å². The van der Waals surface area contributed by atoms with Gasteiger partial charge in [-0.3, -0.25) is 9.59 Å². The smallest absolute Gasteiger partial charge is 0.236 e. The molecule has 2 atom stereocenters.